The van der Waals surface area contributed by atoms with Gasteiger partial charge in [-0.15, -0.1) is 0 Å². The zero-order chi connectivity index (χ0) is 13.8. The van der Waals surface area contributed by atoms with E-state index in [4.69, 9.17) is 16.3 Å². The van der Waals surface area contributed by atoms with Gasteiger partial charge in [-0.05, 0) is 48.9 Å². The third-order valence-electron chi connectivity index (χ3n) is 3.27. The summed E-state index contributed by atoms with van der Waals surface area (Å²) in [5, 5.41) is 4.12. The molecule has 0 spiro atoms. The van der Waals surface area contributed by atoms with E-state index >= 15 is 0 Å². The number of aryl methyl sites for hydroxylation is 1. The lowest BCUT2D eigenvalue weighted by atomic mass is 9.98. The number of hydrogen-bond acceptors (Lipinski definition) is 2. The van der Waals surface area contributed by atoms with E-state index in [0.717, 1.165) is 21.9 Å². The molecule has 1 unspecified atom stereocenters. The lowest BCUT2D eigenvalue weighted by Gasteiger charge is -2.18. The molecule has 0 saturated carbocycles. The fraction of sp³-hybridized carbons (Fsp3) is 0.250. The normalized spacial score (nSPS) is 12.2. The first-order chi connectivity index (χ1) is 9.15. The molecule has 1 atom stereocenters. The van der Waals surface area contributed by atoms with Crippen LogP contribution in [-0.2, 0) is 0 Å². The average Bonchev–Trinajstić information content (AvgIpc) is 2.44. The molecule has 0 aliphatic heterocycles. The molecule has 0 heterocycles. The maximum atomic E-state index is 6.20. The van der Waals surface area contributed by atoms with E-state index in [2.05, 4.69) is 23.5 Å². The van der Waals surface area contributed by atoms with Crippen molar-refractivity contribution in [3.8, 4) is 5.75 Å². The number of hydrogen-bond donors (Lipinski definition) is 1. The second kappa shape index (κ2) is 6.09. The summed E-state index contributed by atoms with van der Waals surface area (Å²) in [6, 6.07) is 14.4. The van der Waals surface area contributed by atoms with Crippen molar-refractivity contribution in [3.63, 3.8) is 0 Å². The molecule has 0 aromatic heterocycles. The van der Waals surface area contributed by atoms with Gasteiger partial charge < -0.3 is 10.1 Å². The fourth-order valence-corrected chi connectivity index (χ4v) is 2.30. The van der Waals surface area contributed by atoms with Crippen molar-refractivity contribution in [1.29, 1.82) is 0 Å². The van der Waals surface area contributed by atoms with Gasteiger partial charge in [-0.2, -0.15) is 0 Å². The molecule has 0 aliphatic rings. The quantitative estimate of drug-likeness (QED) is 0.912. The molecule has 0 bridgehead atoms. The summed E-state index contributed by atoms with van der Waals surface area (Å²) in [6.45, 7) is 2.01. The molecular weight excluding hydrogens is 258 g/mol. The van der Waals surface area contributed by atoms with E-state index in [1.165, 1.54) is 5.56 Å². The minimum Gasteiger partial charge on any atom is -0.497 e. The summed E-state index contributed by atoms with van der Waals surface area (Å²) in [6.07, 6.45) is 0. The SMILES string of the molecule is CNC(c1ccc(OC)cc1)c1ccc(C)c(Cl)c1. The summed E-state index contributed by atoms with van der Waals surface area (Å²) in [5.74, 6) is 0.862. The Kier molecular flexibility index (Phi) is 4.46. The van der Waals surface area contributed by atoms with Crippen LogP contribution in [0.1, 0.15) is 22.7 Å². The van der Waals surface area contributed by atoms with Gasteiger partial charge in [0.25, 0.3) is 0 Å². The van der Waals surface area contributed by atoms with E-state index in [1.807, 2.05) is 38.2 Å². The Labute approximate surface area is 119 Å². The number of benzene rings is 2. The maximum Gasteiger partial charge on any atom is 0.118 e. The lowest BCUT2D eigenvalue weighted by Crippen LogP contribution is -2.17. The molecule has 19 heavy (non-hydrogen) atoms. The average molecular weight is 276 g/mol. The van der Waals surface area contributed by atoms with Crippen LogP contribution in [0.3, 0.4) is 0 Å². The van der Waals surface area contributed by atoms with Crippen molar-refractivity contribution in [2.24, 2.45) is 0 Å². The van der Waals surface area contributed by atoms with Crippen LogP contribution in [0.15, 0.2) is 42.5 Å². The van der Waals surface area contributed by atoms with Gasteiger partial charge in [-0.3, -0.25) is 0 Å². The van der Waals surface area contributed by atoms with E-state index in [9.17, 15) is 0 Å². The molecule has 3 heteroatoms. The Morgan fingerprint density at radius 2 is 1.68 bits per heavy atom. The second-order valence-electron chi connectivity index (χ2n) is 4.50. The van der Waals surface area contributed by atoms with Gasteiger partial charge >= 0.3 is 0 Å². The topological polar surface area (TPSA) is 21.3 Å². The summed E-state index contributed by atoms with van der Waals surface area (Å²) < 4.78 is 5.18. The third-order valence-corrected chi connectivity index (χ3v) is 3.67. The van der Waals surface area contributed by atoms with E-state index < -0.39 is 0 Å². The molecular formula is C16H18ClNO. The molecule has 1 N–H and O–H groups in total. The first kappa shape index (κ1) is 13.9. The van der Waals surface area contributed by atoms with Crippen LogP contribution in [0.2, 0.25) is 5.02 Å². The summed E-state index contributed by atoms with van der Waals surface area (Å²) in [7, 11) is 3.62. The molecule has 2 rings (SSSR count). The number of nitrogens with one attached hydrogen (secondary N) is 1. The smallest absolute Gasteiger partial charge is 0.118 e. The van der Waals surface area contributed by atoms with Gasteiger partial charge in [0.1, 0.15) is 5.75 Å². The maximum absolute atomic E-state index is 6.20. The largest absolute Gasteiger partial charge is 0.497 e. The Bertz CT molecular complexity index is 551. The molecule has 100 valence electrons. The van der Waals surface area contributed by atoms with Gasteiger partial charge in [0.2, 0.25) is 0 Å². The van der Waals surface area contributed by atoms with Crippen LogP contribution in [0, 0.1) is 6.92 Å². The van der Waals surface area contributed by atoms with Crippen LogP contribution in [-0.4, -0.2) is 14.2 Å². The van der Waals surface area contributed by atoms with E-state index in [1.54, 1.807) is 7.11 Å². The van der Waals surface area contributed by atoms with Crippen molar-refractivity contribution in [1.82, 2.24) is 5.32 Å². The van der Waals surface area contributed by atoms with Crippen molar-refractivity contribution < 1.29 is 4.74 Å². The summed E-state index contributed by atoms with van der Waals surface area (Å²) >= 11 is 6.20. The highest BCUT2D eigenvalue weighted by molar-refractivity contribution is 6.31. The first-order valence-corrected chi connectivity index (χ1v) is 6.60. The number of methoxy groups -OCH3 is 1. The zero-order valence-electron chi connectivity index (χ0n) is 11.4. The van der Waals surface area contributed by atoms with Crippen molar-refractivity contribution in [2.45, 2.75) is 13.0 Å². The minimum absolute atomic E-state index is 0.129. The van der Waals surface area contributed by atoms with Crippen LogP contribution < -0.4 is 10.1 Å². The van der Waals surface area contributed by atoms with E-state index in [0.29, 0.717) is 0 Å². The second-order valence-corrected chi connectivity index (χ2v) is 4.91. The molecule has 0 saturated heterocycles. The van der Waals surface area contributed by atoms with Crippen molar-refractivity contribution in [2.75, 3.05) is 14.2 Å². The number of rotatable bonds is 4. The first-order valence-electron chi connectivity index (χ1n) is 6.23. The molecule has 2 nitrogen and oxygen atoms in total. The molecule has 0 aliphatic carbocycles. The highest BCUT2D eigenvalue weighted by Gasteiger charge is 2.12. The van der Waals surface area contributed by atoms with Crippen LogP contribution in [0.4, 0.5) is 0 Å². The van der Waals surface area contributed by atoms with E-state index in [-0.39, 0.29) is 6.04 Å². The zero-order valence-corrected chi connectivity index (χ0v) is 12.2. The van der Waals surface area contributed by atoms with Crippen molar-refractivity contribution in [3.05, 3.63) is 64.2 Å². The molecule has 0 radical (unpaired) electrons. The predicted molar refractivity (Wildman–Crippen MR) is 80.1 cm³/mol. The highest BCUT2D eigenvalue weighted by atomic mass is 35.5. The highest BCUT2D eigenvalue weighted by Crippen LogP contribution is 2.27. The third kappa shape index (κ3) is 3.09. The Balaban J connectivity index is 2.34. The Hall–Kier alpha value is -1.51. The molecule has 2 aromatic rings. The standard InChI is InChI=1S/C16H18ClNO/c1-11-4-5-13(10-15(11)17)16(18-2)12-6-8-14(19-3)9-7-12/h4-10,16,18H,1-3H3. The molecule has 0 fully saturated rings. The Morgan fingerprint density at radius 3 is 2.21 bits per heavy atom. The van der Waals surface area contributed by atoms with Crippen molar-refractivity contribution >= 4 is 11.6 Å². The summed E-state index contributed by atoms with van der Waals surface area (Å²) in [4.78, 5) is 0. The van der Waals surface area contributed by atoms with Crippen LogP contribution in [0.25, 0.3) is 0 Å². The monoisotopic (exact) mass is 275 g/mol. The number of ether oxygens (including phenoxy) is 1. The molecule has 0 amide bonds. The molecule has 2 aromatic carbocycles. The Morgan fingerprint density at radius 1 is 1.05 bits per heavy atom. The van der Waals surface area contributed by atoms with Crippen LogP contribution >= 0.6 is 11.6 Å². The predicted octanol–water partition coefficient (Wildman–Crippen LogP) is 3.97. The fourth-order valence-electron chi connectivity index (χ4n) is 2.11. The van der Waals surface area contributed by atoms with Gasteiger partial charge in [0, 0.05) is 5.02 Å². The van der Waals surface area contributed by atoms with Gasteiger partial charge in [0.05, 0.1) is 13.2 Å². The van der Waals surface area contributed by atoms with Gasteiger partial charge in [-0.1, -0.05) is 35.9 Å². The van der Waals surface area contributed by atoms with Gasteiger partial charge in [0.15, 0.2) is 0 Å². The summed E-state index contributed by atoms with van der Waals surface area (Å²) in [5.41, 5.74) is 3.43. The van der Waals surface area contributed by atoms with Crippen LogP contribution in [0.5, 0.6) is 5.75 Å². The minimum atomic E-state index is 0.129. The van der Waals surface area contributed by atoms with Gasteiger partial charge in [-0.25, -0.2) is 0 Å². The number of halogens is 1. The lowest BCUT2D eigenvalue weighted by molar-refractivity contribution is 0.414.